The van der Waals surface area contributed by atoms with Crippen molar-refractivity contribution in [3.8, 4) is 22.1 Å². The second-order valence-corrected chi connectivity index (χ2v) is 6.72. The van der Waals surface area contributed by atoms with Crippen LogP contribution >= 0.6 is 22.9 Å². The molecule has 0 radical (unpaired) electrons. The Bertz CT molecular complexity index is 1080. The Morgan fingerprint density at radius 2 is 2.15 bits per heavy atom. The third kappa shape index (κ3) is 3.24. The first-order chi connectivity index (χ1) is 12.6. The molecule has 1 amide bonds. The normalized spacial score (nSPS) is 10.8. The number of hydrogen-bond acceptors (Lipinski definition) is 6. The molecule has 130 valence electrons. The first-order valence-corrected chi connectivity index (χ1v) is 8.86. The first kappa shape index (κ1) is 16.5. The number of rotatable bonds is 3. The summed E-state index contributed by atoms with van der Waals surface area (Å²) in [5.74, 6) is 0.711. The molecule has 1 N–H and O–H groups in total. The van der Waals surface area contributed by atoms with E-state index >= 15 is 0 Å². The van der Waals surface area contributed by atoms with E-state index < -0.39 is 6.03 Å². The second-order valence-electron chi connectivity index (χ2n) is 5.43. The molecule has 0 unspecified atom stereocenters. The van der Waals surface area contributed by atoms with E-state index in [9.17, 15) is 4.79 Å². The number of amides is 1. The largest absolute Gasteiger partial charge is 0.361 e. The van der Waals surface area contributed by atoms with Crippen molar-refractivity contribution in [1.29, 1.82) is 0 Å². The fourth-order valence-corrected chi connectivity index (χ4v) is 3.33. The van der Waals surface area contributed by atoms with Crippen LogP contribution in [0.25, 0.3) is 22.1 Å². The minimum Gasteiger partial charge on any atom is -0.361 e. The van der Waals surface area contributed by atoms with Crippen molar-refractivity contribution in [1.82, 2.24) is 19.9 Å². The number of nitrogens with one attached hydrogen (secondary N) is 1. The SMILES string of the molecule is Cc1cc(-c2nc(-c3ccnn3C(=O)Nc3cccc(Cl)c3)cs2)no1. The summed E-state index contributed by atoms with van der Waals surface area (Å²) < 4.78 is 6.34. The molecular weight excluding hydrogens is 374 g/mol. The molecule has 26 heavy (non-hydrogen) atoms. The van der Waals surface area contributed by atoms with Crippen LogP contribution in [0.2, 0.25) is 5.02 Å². The van der Waals surface area contributed by atoms with Gasteiger partial charge in [-0.25, -0.2) is 9.78 Å². The third-order valence-corrected chi connectivity index (χ3v) is 4.62. The molecule has 0 saturated heterocycles. The molecule has 0 aliphatic carbocycles. The van der Waals surface area contributed by atoms with Gasteiger partial charge in [0, 0.05) is 22.2 Å². The zero-order chi connectivity index (χ0) is 18.1. The maximum absolute atomic E-state index is 12.6. The lowest BCUT2D eigenvalue weighted by atomic mass is 10.3. The van der Waals surface area contributed by atoms with Gasteiger partial charge < -0.3 is 9.84 Å². The number of benzene rings is 1. The molecule has 0 saturated carbocycles. The Morgan fingerprint density at radius 1 is 1.27 bits per heavy atom. The number of anilines is 1. The molecule has 0 spiro atoms. The Morgan fingerprint density at radius 3 is 2.92 bits per heavy atom. The fraction of sp³-hybridized carbons (Fsp3) is 0.0588. The highest BCUT2D eigenvalue weighted by Crippen LogP contribution is 2.28. The lowest BCUT2D eigenvalue weighted by molar-refractivity contribution is 0.251. The molecule has 4 aromatic rings. The highest BCUT2D eigenvalue weighted by atomic mass is 35.5. The van der Waals surface area contributed by atoms with Crippen molar-refractivity contribution < 1.29 is 9.32 Å². The van der Waals surface area contributed by atoms with E-state index in [1.54, 1.807) is 36.5 Å². The molecule has 9 heteroatoms. The van der Waals surface area contributed by atoms with Gasteiger partial charge >= 0.3 is 6.03 Å². The second kappa shape index (κ2) is 6.74. The van der Waals surface area contributed by atoms with Crippen LogP contribution in [-0.2, 0) is 0 Å². The van der Waals surface area contributed by atoms with E-state index in [0.29, 0.717) is 38.6 Å². The maximum Gasteiger partial charge on any atom is 0.347 e. The molecule has 1 aromatic carbocycles. The van der Waals surface area contributed by atoms with E-state index in [4.69, 9.17) is 16.1 Å². The molecule has 0 aliphatic heterocycles. The predicted molar refractivity (Wildman–Crippen MR) is 99.4 cm³/mol. The van der Waals surface area contributed by atoms with Gasteiger partial charge in [0.2, 0.25) is 0 Å². The van der Waals surface area contributed by atoms with Gasteiger partial charge in [0.1, 0.15) is 22.2 Å². The van der Waals surface area contributed by atoms with Crippen LogP contribution in [0.15, 0.2) is 52.5 Å². The monoisotopic (exact) mass is 385 g/mol. The molecule has 3 heterocycles. The number of carbonyl (C=O) groups excluding carboxylic acids is 1. The van der Waals surface area contributed by atoms with Crippen molar-refractivity contribution in [2.24, 2.45) is 0 Å². The summed E-state index contributed by atoms with van der Waals surface area (Å²) in [6.07, 6.45) is 1.55. The summed E-state index contributed by atoms with van der Waals surface area (Å²) in [7, 11) is 0. The smallest absolute Gasteiger partial charge is 0.347 e. The predicted octanol–water partition coefficient (Wildman–Crippen LogP) is 4.70. The summed E-state index contributed by atoms with van der Waals surface area (Å²) in [5.41, 5.74) is 2.45. The highest BCUT2D eigenvalue weighted by Gasteiger charge is 2.17. The van der Waals surface area contributed by atoms with Crippen molar-refractivity contribution in [2.45, 2.75) is 6.92 Å². The van der Waals surface area contributed by atoms with Gasteiger partial charge in [-0.1, -0.05) is 22.8 Å². The Balaban J connectivity index is 1.61. The number of aromatic nitrogens is 4. The van der Waals surface area contributed by atoms with Crippen molar-refractivity contribution >= 4 is 34.7 Å². The number of hydrogen-bond donors (Lipinski definition) is 1. The van der Waals surface area contributed by atoms with Crippen LogP contribution in [0, 0.1) is 6.92 Å². The summed E-state index contributed by atoms with van der Waals surface area (Å²) >= 11 is 7.36. The van der Waals surface area contributed by atoms with Gasteiger partial charge in [-0.2, -0.15) is 9.78 Å². The van der Waals surface area contributed by atoms with E-state index in [-0.39, 0.29) is 0 Å². The van der Waals surface area contributed by atoms with Gasteiger partial charge in [0.05, 0.1) is 11.9 Å². The third-order valence-electron chi connectivity index (χ3n) is 3.52. The zero-order valence-corrected chi connectivity index (χ0v) is 15.1. The average molecular weight is 386 g/mol. The zero-order valence-electron chi connectivity index (χ0n) is 13.5. The molecule has 3 aromatic heterocycles. The lowest BCUT2D eigenvalue weighted by Gasteiger charge is -2.07. The molecule has 4 rings (SSSR count). The molecule has 7 nitrogen and oxygen atoms in total. The maximum atomic E-state index is 12.6. The van der Waals surface area contributed by atoms with E-state index in [1.165, 1.54) is 16.0 Å². The summed E-state index contributed by atoms with van der Waals surface area (Å²) in [6, 6.07) is 10.0. The first-order valence-electron chi connectivity index (χ1n) is 7.61. The highest BCUT2D eigenvalue weighted by molar-refractivity contribution is 7.13. The van der Waals surface area contributed by atoms with Crippen LogP contribution in [0.3, 0.4) is 0 Å². The summed E-state index contributed by atoms with van der Waals surface area (Å²) in [6.45, 7) is 1.82. The van der Waals surface area contributed by atoms with Gasteiger partial charge in [-0.05, 0) is 31.2 Å². The van der Waals surface area contributed by atoms with Crippen LogP contribution in [0.5, 0.6) is 0 Å². The van der Waals surface area contributed by atoms with Gasteiger partial charge in [0.15, 0.2) is 0 Å². The number of carbonyl (C=O) groups is 1. The molecule has 0 bridgehead atoms. The quantitative estimate of drug-likeness (QED) is 0.552. The Hall–Kier alpha value is -2.97. The van der Waals surface area contributed by atoms with Crippen molar-refractivity contribution in [2.75, 3.05) is 5.32 Å². The lowest BCUT2D eigenvalue weighted by Crippen LogP contribution is -2.21. The van der Waals surface area contributed by atoms with E-state index in [1.807, 2.05) is 18.4 Å². The Labute approximate surface area is 157 Å². The Kier molecular flexibility index (Phi) is 4.27. The van der Waals surface area contributed by atoms with Crippen LogP contribution in [-0.4, -0.2) is 26.0 Å². The number of thiazole rings is 1. The van der Waals surface area contributed by atoms with Gasteiger partial charge in [-0.3, -0.25) is 0 Å². The molecule has 0 aliphatic rings. The number of nitrogens with zero attached hydrogens (tertiary/aromatic N) is 4. The van der Waals surface area contributed by atoms with E-state index in [2.05, 4.69) is 20.6 Å². The number of halogens is 1. The van der Waals surface area contributed by atoms with Crippen molar-refractivity contribution in [3.05, 3.63) is 58.8 Å². The molecule has 0 fully saturated rings. The summed E-state index contributed by atoms with van der Waals surface area (Å²) in [5, 5.41) is 13.9. The standard InChI is InChI=1S/C17H12ClN5O2S/c1-10-7-13(22-25-10)16-21-14(9-26-16)15-5-6-19-23(15)17(24)20-12-4-2-3-11(18)8-12/h2-9H,1H3,(H,20,24). The van der Waals surface area contributed by atoms with Gasteiger partial charge in [0.25, 0.3) is 0 Å². The topological polar surface area (TPSA) is 85.8 Å². The summed E-state index contributed by atoms with van der Waals surface area (Å²) in [4.78, 5) is 17.1. The minimum absolute atomic E-state index is 0.404. The average Bonchev–Trinajstić information content (AvgIpc) is 3.34. The minimum atomic E-state index is -0.404. The van der Waals surface area contributed by atoms with Crippen LogP contribution in [0.4, 0.5) is 10.5 Å². The molecule has 0 atom stereocenters. The number of aryl methyl sites for hydroxylation is 1. The van der Waals surface area contributed by atoms with Crippen LogP contribution < -0.4 is 5.32 Å². The fourth-order valence-electron chi connectivity index (χ4n) is 2.38. The van der Waals surface area contributed by atoms with Crippen molar-refractivity contribution in [3.63, 3.8) is 0 Å². The van der Waals surface area contributed by atoms with Crippen LogP contribution in [0.1, 0.15) is 5.76 Å². The van der Waals surface area contributed by atoms with E-state index in [0.717, 1.165) is 0 Å². The van der Waals surface area contributed by atoms with Gasteiger partial charge in [-0.15, -0.1) is 11.3 Å². The molecular formula is C17H12ClN5O2S.